The molecule has 1 aromatic carbocycles. The number of nitrogens with zero attached hydrogens (tertiary/aromatic N) is 1. The van der Waals surface area contributed by atoms with Gasteiger partial charge in [0, 0.05) is 6.42 Å². The lowest BCUT2D eigenvalue weighted by Gasteiger charge is -2.01. The normalized spacial score (nSPS) is 10.8. The summed E-state index contributed by atoms with van der Waals surface area (Å²) in [5.41, 5.74) is 0.515. The molecule has 0 aliphatic rings. The Hall–Kier alpha value is -2.83. The van der Waals surface area contributed by atoms with Crippen molar-refractivity contribution in [2.45, 2.75) is 6.42 Å². The van der Waals surface area contributed by atoms with Crippen LogP contribution in [0.1, 0.15) is 11.4 Å². The summed E-state index contributed by atoms with van der Waals surface area (Å²) < 4.78 is 5.09. The monoisotopic (exact) mass is 272 g/mol. The summed E-state index contributed by atoms with van der Waals surface area (Å²) in [6.07, 6.45) is 0.528. The van der Waals surface area contributed by atoms with Gasteiger partial charge in [-0.25, -0.2) is 9.78 Å². The molecular formula is C13H12N4O3. The maximum atomic E-state index is 11.6. The lowest BCUT2D eigenvalue weighted by molar-refractivity contribution is 0.414. The number of rotatable bonds is 3. The number of methoxy groups -OCH3 is 1. The van der Waals surface area contributed by atoms with Gasteiger partial charge in [0.25, 0.3) is 5.56 Å². The zero-order chi connectivity index (χ0) is 14.1. The summed E-state index contributed by atoms with van der Waals surface area (Å²) in [6.45, 7) is 0. The highest BCUT2D eigenvalue weighted by Crippen LogP contribution is 2.14. The SMILES string of the molecule is COc1ccc(Cc2nc3[nH]c(=O)[nH]c(=O)c3[nH]2)cc1. The molecule has 0 aliphatic carbocycles. The first-order chi connectivity index (χ1) is 9.65. The Bertz CT molecular complexity index is 858. The summed E-state index contributed by atoms with van der Waals surface area (Å²) in [6, 6.07) is 7.54. The van der Waals surface area contributed by atoms with Gasteiger partial charge < -0.3 is 9.72 Å². The Morgan fingerprint density at radius 2 is 1.85 bits per heavy atom. The molecule has 7 heteroatoms. The minimum absolute atomic E-state index is 0.266. The molecule has 0 amide bonds. The second-order valence-corrected chi connectivity index (χ2v) is 4.34. The van der Waals surface area contributed by atoms with E-state index in [1.807, 2.05) is 24.3 Å². The Morgan fingerprint density at radius 1 is 1.10 bits per heavy atom. The van der Waals surface area contributed by atoms with Gasteiger partial charge in [0.15, 0.2) is 5.65 Å². The fourth-order valence-electron chi connectivity index (χ4n) is 2.00. The van der Waals surface area contributed by atoms with E-state index in [9.17, 15) is 9.59 Å². The fraction of sp³-hybridized carbons (Fsp3) is 0.154. The molecule has 2 aromatic heterocycles. The summed E-state index contributed by atoms with van der Waals surface area (Å²) >= 11 is 0. The zero-order valence-corrected chi connectivity index (χ0v) is 10.7. The minimum Gasteiger partial charge on any atom is -0.497 e. The fourth-order valence-corrected chi connectivity index (χ4v) is 2.00. The van der Waals surface area contributed by atoms with E-state index in [4.69, 9.17) is 4.74 Å². The van der Waals surface area contributed by atoms with Crippen LogP contribution >= 0.6 is 0 Å². The van der Waals surface area contributed by atoms with Crippen molar-refractivity contribution in [3.05, 3.63) is 56.5 Å². The number of ether oxygens (including phenoxy) is 1. The molecule has 0 fully saturated rings. The van der Waals surface area contributed by atoms with Gasteiger partial charge >= 0.3 is 5.69 Å². The number of nitrogens with one attached hydrogen (secondary N) is 3. The first kappa shape index (κ1) is 12.2. The molecule has 0 bridgehead atoms. The maximum absolute atomic E-state index is 11.6. The molecule has 0 saturated carbocycles. The number of fused-ring (bicyclic) bond motifs is 1. The van der Waals surface area contributed by atoms with Crippen LogP contribution in [0.25, 0.3) is 11.2 Å². The molecule has 3 N–H and O–H groups in total. The van der Waals surface area contributed by atoms with Crippen molar-refractivity contribution in [2.24, 2.45) is 0 Å². The van der Waals surface area contributed by atoms with Gasteiger partial charge in [-0.1, -0.05) is 12.1 Å². The quantitative estimate of drug-likeness (QED) is 0.647. The molecule has 0 aliphatic heterocycles. The second kappa shape index (κ2) is 4.69. The van der Waals surface area contributed by atoms with E-state index in [0.717, 1.165) is 11.3 Å². The number of aromatic amines is 3. The Morgan fingerprint density at radius 3 is 2.55 bits per heavy atom. The van der Waals surface area contributed by atoms with E-state index in [2.05, 4.69) is 19.9 Å². The summed E-state index contributed by atoms with van der Waals surface area (Å²) in [5, 5.41) is 0. The van der Waals surface area contributed by atoms with Crippen molar-refractivity contribution >= 4 is 11.2 Å². The van der Waals surface area contributed by atoms with E-state index in [0.29, 0.717) is 12.2 Å². The third kappa shape index (κ3) is 2.20. The number of imidazole rings is 1. The van der Waals surface area contributed by atoms with Crippen molar-refractivity contribution in [3.8, 4) is 5.75 Å². The second-order valence-electron chi connectivity index (χ2n) is 4.34. The van der Waals surface area contributed by atoms with E-state index >= 15 is 0 Å². The molecule has 102 valence electrons. The van der Waals surface area contributed by atoms with E-state index in [1.165, 1.54) is 0 Å². The minimum atomic E-state index is -0.565. The van der Waals surface area contributed by atoms with Crippen LogP contribution in [-0.4, -0.2) is 27.0 Å². The molecule has 0 radical (unpaired) electrons. The van der Waals surface area contributed by atoms with Crippen molar-refractivity contribution in [1.29, 1.82) is 0 Å². The van der Waals surface area contributed by atoms with Crippen LogP contribution in [0.3, 0.4) is 0 Å². The van der Waals surface area contributed by atoms with Crippen LogP contribution in [-0.2, 0) is 6.42 Å². The molecule has 0 unspecified atom stereocenters. The summed E-state index contributed by atoms with van der Waals surface area (Å²) in [5.74, 6) is 1.39. The van der Waals surface area contributed by atoms with Crippen LogP contribution in [0.4, 0.5) is 0 Å². The lowest BCUT2D eigenvalue weighted by Crippen LogP contribution is -2.21. The van der Waals surface area contributed by atoms with Gasteiger partial charge in [-0.2, -0.15) is 0 Å². The van der Waals surface area contributed by atoms with Crippen molar-refractivity contribution < 1.29 is 4.74 Å². The molecule has 3 aromatic rings. The highest BCUT2D eigenvalue weighted by atomic mass is 16.5. The lowest BCUT2D eigenvalue weighted by atomic mass is 10.1. The molecule has 20 heavy (non-hydrogen) atoms. The largest absolute Gasteiger partial charge is 0.497 e. The first-order valence-electron chi connectivity index (χ1n) is 6.00. The van der Waals surface area contributed by atoms with Crippen molar-refractivity contribution in [2.75, 3.05) is 7.11 Å². The average molecular weight is 272 g/mol. The van der Waals surface area contributed by atoms with Gasteiger partial charge in [-0.15, -0.1) is 0 Å². The highest BCUT2D eigenvalue weighted by Gasteiger charge is 2.08. The number of H-pyrrole nitrogens is 3. The Labute approximate surface area is 112 Å². The number of hydrogen-bond acceptors (Lipinski definition) is 4. The predicted molar refractivity (Wildman–Crippen MR) is 73.1 cm³/mol. The predicted octanol–water partition coefficient (Wildman–Crippen LogP) is 0.539. The van der Waals surface area contributed by atoms with Crippen LogP contribution in [0, 0.1) is 0 Å². The van der Waals surface area contributed by atoms with Gasteiger partial charge in [0.1, 0.15) is 17.1 Å². The molecule has 0 atom stereocenters. The molecule has 0 saturated heterocycles. The van der Waals surface area contributed by atoms with Crippen molar-refractivity contribution in [1.82, 2.24) is 19.9 Å². The molecule has 0 spiro atoms. The van der Waals surface area contributed by atoms with E-state index < -0.39 is 11.2 Å². The highest BCUT2D eigenvalue weighted by molar-refractivity contribution is 5.68. The Balaban J connectivity index is 1.96. The third-order valence-electron chi connectivity index (χ3n) is 2.97. The zero-order valence-electron chi connectivity index (χ0n) is 10.7. The van der Waals surface area contributed by atoms with Gasteiger partial charge in [-0.05, 0) is 17.7 Å². The smallest absolute Gasteiger partial charge is 0.327 e. The number of benzene rings is 1. The van der Waals surface area contributed by atoms with E-state index in [-0.39, 0.29) is 11.2 Å². The van der Waals surface area contributed by atoms with Crippen molar-refractivity contribution in [3.63, 3.8) is 0 Å². The Kier molecular flexibility index (Phi) is 2.86. The van der Waals surface area contributed by atoms with Crippen LogP contribution < -0.4 is 16.0 Å². The van der Waals surface area contributed by atoms with E-state index in [1.54, 1.807) is 7.11 Å². The third-order valence-corrected chi connectivity index (χ3v) is 2.97. The number of aromatic nitrogens is 4. The molecule has 3 rings (SSSR count). The molecule has 7 nitrogen and oxygen atoms in total. The summed E-state index contributed by atoms with van der Waals surface area (Å²) in [4.78, 5) is 34.5. The topological polar surface area (TPSA) is 104 Å². The number of hydrogen-bond donors (Lipinski definition) is 3. The van der Waals surface area contributed by atoms with Crippen LogP contribution in [0.2, 0.25) is 0 Å². The summed E-state index contributed by atoms with van der Waals surface area (Å²) in [7, 11) is 1.61. The average Bonchev–Trinajstić information content (AvgIpc) is 2.82. The molecule has 2 heterocycles. The maximum Gasteiger partial charge on any atom is 0.327 e. The standard InChI is InChI=1S/C13H12N4O3/c1-20-8-4-2-7(3-5-8)6-9-14-10-11(15-9)16-13(19)17-12(10)18/h2-5H,6H2,1H3,(H3,14,15,16,17,18,19). The van der Waals surface area contributed by atoms with Gasteiger partial charge in [-0.3, -0.25) is 14.8 Å². The first-order valence-corrected chi connectivity index (χ1v) is 6.00. The molecular weight excluding hydrogens is 260 g/mol. The van der Waals surface area contributed by atoms with Crippen LogP contribution in [0.15, 0.2) is 33.9 Å². The van der Waals surface area contributed by atoms with Gasteiger partial charge in [0.2, 0.25) is 0 Å². The van der Waals surface area contributed by atoms with Gasteiger partial charge in [0.05, 0.1) is 7.11 Å². The van der Waals surface area contributed by atoms with Crippen LogP contribution in [0.5, 0.6) is 5.75 Å².